The van der Waals surface area contributed by atoms with Gasteiger partial charge in [-0.25, -0.2) is 0 Å². The van der Waals surface area contributed by atoms with E-state index in [0.29, 0.717) is 0 Å². The number of hydrogen-bond acceptors (Lipinski definition) is 2. The highest BCUT2D eigenvalue weighted by molar-refractivity contribution is 5.30. The van der Waals surface area contributed by atoms with Crippen molar-refractivity contribution in [2.45, 2.75) is 13.1 Å². The maximum atomic E-state index is 5.70. The number of rotatable bonds is 3. The molecule has 0 fully saturated rings. The van der Waals surface area contributed by atoms with Crippen molar-refractivity contribution in [3.8, 4) is 0 Å². The van der Waals surface area contributed by atoms with Gasteiger partial charge in [0.2, 0.25) is 13.1 Å². The molecule has 0 spiro atoms. The molecule has 82 valence electrons. The molecule has 4 N–H and O–H groups in total. The average molecular weight is 216 g/mol. The van der Waals surface area contributed by atoms with Gasteiger partial charge in [-0.15, -0.1) is 0 Å². The summed E-state index contributed by atoms with van der Waals surface area (Å²) >= 11 is 0. The van der Waals surface area contributed by atoms with E-state index in [-0.39, 0.29) is 0 Å². The molecule has 0 saturated heterocycles. The van der Waals surface area contributed by atoms with Crippen molar-refractivity contribution in [1.82, 2.24) is 0 Å². The lowest BCUT2D eigenvalue weighted by Gasteiger charge is -1.97. The Bertz CT molecular complexity index is 436. The van der Waals surface area contributed by atoms with Gasteiger partial charge >= 0.3 is 0 Å². The summed E-state index contributed by atoms with van der Waals surface area (Å²) < 4.78 is 4.12. The summed E-state index contributed by atoms with van der Waals surface area (Å²) in [6.45, 7) is 1.75. The van der Waals surface area contributed by atoms with Crippen LogP contribution >= 0.6 is 0 Å². The molecule has 0 saturated carbocycles. The molecule has 0 aliphatic rings. The summed E-state index contributed by atoms with van der Waals surface area (Å²) in [7, 11) is 0. The molecular weight excluding hydrogens is 200 g/mol. The summed E-state index contributed by atoms with van der Waals surface area (Å²) in [5.74, 6) is 0. The quantitative estimate of drug-likeness (QED) is 0.716. The number of nitrogens with two attached hydrogens (primary N) is 2. The highest BCUT2D eigenvalue weighted by Crippen LogP contribution is 1.94. The van der Waals surface area contributed by atoms with E-state index in [1.165, 1.54) is 0 Å². The first kappa shape index (κ1) is 10.4. The predicted octanol–water partition coefficient (Wildman–Crippen LogP) is 0.126. The van der Waals surface area contributed by atoms with Gasteiger partial charge in [-0.3, -0.25) is 0 Å². The highest BCUT2D eigenvalue weighted by Gasteiger charge is 2.06. The fourth-order valence-corrected chi connectivity index (χ4v) is 1.59. The van der Waals surface area contributed by atoms with Crippen LogP contribution in [0.4, 0.5) is 11.4 Å². The molecule has 0 radical (unpaired) electrons. The van der Waals surface area contributed by atoms with Crippen molar-refractivity contribution < 1.29 is 9.13 Å². The maximum absolute atomic E-state index is 5.70. The Hall–Kier alpha value is -2.10. The third-order valence-corrected chi connectivity index (χ3v) is 2.38. The lowest BCUT2D eigenvalue weighted by Crippen LogP contribution is -2.44. The second-order valence-electron chi connectivity index (χ2n) is 3.75. The van der Waals surface area contributed by atoms with Crippen LogP contribution in [-0.4, -0.2) is 0 Å². The van der Waals surface area contributed by atoms with Crippen LogP contribution in [-0.2, 0) is 13.1 Å². The summed E-state index contributed by atoms with van der Waals surface area (Å²) in [6, 6.07) is 7.65. The minimum atomic E-state index is 0.778. The van der Waals surface area contributed by atoms with Crippen LogP contribution < -0.4 is 20.6 Å². The predicted molar refractivity (Wildman–Crippen MR) is 62.1 cm³/mol. The number of aryl methyl sites for hydroxylation is 2. The summed E-state index contributed by atoms with van der Waals surface area (Å²) in [4.78, 5) is 0. The number of hydrogen-bond donors (Lipinski definition) is 2. The molecule has 4 heteroatoms. The van der Waals surface area contributed by atoms with Gasteiger partial charge in [-0.05, 0) is 12.1 Å². The number of aromatic nitrogens is 2. The Balaban J connectivity index is 2.02. The first-order chi connectivity index (χ1) is 7.74. The lowest BCUT2D eigenvalue weighted by molar-refractivity contribution is -0.777. The van der Waals surface area contributed by atoms with E-state index >= 15 is 0 Å². The Morgan fingerprint density at radius 3 is 1.62 bits per heavy atom. The molecule has 0 aromatic carbocycles. The smallest absolute Gasteiger partial charge is 0.206 e. The zero-order valence-corrected chi connectivity index (χ0v) is 9.08. The maximum Gasteiger partial charge on any atom is 0.206 e. The summed E-state index contributed by atoms with van der Waals surface area (Å²) in [5, 5.41) is 0. The van der Waals surface area contributed by atoms with Crippen LogP contribution in [0.3, 0.4) is 0 Å². The highest BCUT2D eigenvalue weighted by atomic mass is 15.0. The topological polar surface area (TPSA) is 59.8 Å². The second-order valence-corrected chi connectivity index (χ2v) is 3.75. The van der Waals surface area contributed by atoms with E-state index in [2.05, 4.69) is 9.13 Å². The zero-order chi connectivity index (χ0) is 11.4. The number of nitrogen functional groups attached to an aromatic ring is 2. The lowest BCUT2D eigenvalue weighted by atomic mass is 10.4. The fourth-order valence-electron chi connectivity index (χ4n) is 1.59. The van der Waals surface area contributed by atoms with Crippen LogP contribution in [0, 0.1) is 0 Å². The molecule has 0 atom stereocenters. The van der Waals surface area contributed by atoms with E-state index in [4.69, 9.17) is 11.5 Å². The van der Waals surface area contributed by atoms with Crippen molar-refractivity contribution in [3.63, 3.8) is 0 Å². The minimum Gasteiger partial charge on any atom is -0.394 e. The van der Waals surface area contributed by atoms with E-state index < -0.39 is 0 Å². The van der Waals surface area contributed by atoms with Crippen LogP contribution in [0.1, 0.15) is 0 Å². The molecule has 0 amide bonds. The molecule has 0 aliphatic heterocycles. The van der Waals surface area contributed by atoms with Gasteiger partial charge in [0.25, 0.3) is 0 Å². The Morgan fingerprint density at radius 2 is 1.25 bits per heavy atom. The van der Waals surface area contributed by atoms with Crippen molar-refractivity contribution in [2.24, 2.45) is 0 Å². The third kappa shape index (κ3) is 2.70. The van der Waals surface area contributed by atoms with Crippen molar-refractivity contribution in [3.05, 3.63) is 49.1 Å². The third-order valence-electron chi connectivity index (χ3n) is 2.38. The molecule has 16 heavy (non-hydrogen) atoms. The number of nitrogens with zero attached hydrogens (tertiary/aromatic N) is 2. The van der Waals surface area contributed by atoms with Gasteiger partial charge in [0.05, 0.1) is 11.4 Å². The minimum absolute atomic E-state index is 0.778. The summed E-state index contributed by atoms with van der Waals surface area (Å²) in [5.41, 5.74) is 13.0. The normalized spacial score (nSPS) is 10.2. The Kier molecular flexibility index (Phi) is 3.00. The van der Waals surface area contributed by atoms with Gasteiger partial charge in [-0.2, -0.15) is 9.13 Å². The molecular formula is C12H16N4+2. The Labute approximate surface area is 94.8 Å². The van der Waals surface area contributed by atoms with Crippen LogP contribution in [0.15, 0.2) is 49.1 Å². The van der Waals surface area contributed by atoms with E-state index in [1.807, 2.05) is 49.1 Å². The molecule has 0 aliphatic carbocycles. The molecule has 2 aromatic rings. The van der Waals surface area contributed by atoms with Crippen LogP contribution in [0.25, 0.3) is 0 Å². The molecule has 0 bridgehead atoms. The standard InChI is InChI=1S/C12H16N4/c13-11-3-1-5-15(9-11)7-8-16-6-2-4-12(14)10-16/h1-6,9-10H,7-8,13-14H2/q+2. The van der Waals surface area contributed by atoms with Crippen molar-refractivity contribution in [2.75, 3.05) is 11.5 Å². The Morgan fingerprint density at radius 1 is 0.812 bits per heavy atom. The number of anilines is 2. The molecule has 2 rings (SSSR count). The van der Waals surface area contributed by atoms with Gasteiger partial charge in [-0.1, -0.05) is 0 Å². The van der Waals surface area contributed by atoms with E-state index in [9.17, 15) is 0 Å². The van der Waals surface area contributed by atoms with Crippen LogP contribution in [0.2, 0.25) is 0 Å². The SMILES string of the molecule is Nc1ccc[n+](CC[n+]2cccc(N)c2)c1. The first-order valence-electron chi connectivity index (χ1n) is 5.23. The largest absolute Gasteiger partial charge is 0.394 e. The van der Waals surface area contributed by atoms with Gasteiger partial charge in [0, 0.05) is 12.1 Å². The van der Waals surface area contributed by atoms with Crippen molar-refractivity contribution >= 4 is 11.4 Å². The fraction of sp³-hybridized carbons (Fsp3) is 0.167. The van der Waals surface area contributed by atoms with Gasteiger partial charge < -0.3 is 11.5 Å². The monoisotopic (exact) mass is 216 g/mol. The van der Waals surface area contributed by atoms with Gasteiger partial charge in [0.1, 0.15) is 0 Å². The molecule has 4 nitrogen and oxygen atoms in total. The average Bonchev–Trinajstić information content (AvgIpc) is 2.27. The van der Waals surface area contributed by atoms with Crippen molar-refractivity contribution in [1.29, 1.82) is 0 Å². The molecule has 2 aromatic heterocycles. The summed E-state index contributed by atoms with van der Waals surface area (Å²) in [6.07, 6.45) is 7.85. The number of pyridine rings is 2. The first-order valence-corrected chi connectivity index (χ1v) is 5.23. The van der Waals surface area contributed by atoms with E-state index in [0.717, 1.165) is 24.5 Å². The second kappa shape index (κ2) is 4.61. The zero-order valence-electron chi connectivity index (χ0n) is 9.08. The van der Waals surface area contributed by atoms with E-state index in [1.54, 1.807) is 0 Å². The molecule has 2 heterocycles. The van der Waals surface area contributed by atoms with Crippen LogP contribution in [0.5, 0.6) is 0 Å². The molecule has 0 unspecified atom stereocenters. The van der Waals surface area contributed by atoms with Gasteiger partial charge in [0.15, 0.2) is 24.8 Å².